The fourth-order valence-corrected chi connectivity index (χ4v) is 6.18. The van der Waals surface area contributed by atoms with Crippen LogP contribution in [-0.2, 0) is 34.5 Å². The highest BCUT2D eigenvalue weighted by Crippen LogP contribution is 2.46. The summed E-state index contributed by atoms with van der Waals surface area (Å²) in [6, 6.07) is 9.43. The van der Waals surface area contributed by atoms with Crippen LogP contribution in [0.1, 0.15) is 66.3 Å². The topological polar surface area (TPSA) is 142 Å². The second-order valence-corrected chi connectivity index (χ2v) is 11.9. The van der Waals surface area contributed by atoms with Crippen molar-refractivity contribution in [3.63, 3.8) is 0 Å². The van der Waals surface area contributed by atoms with Crippen molar-refractivity contribution < 1.29 is 37.2 Å². The molecule has 0 bridgehead atoms. The molecule has 0 saturated carbocycles. The van der Waals surface area contributed by atoms with Crippen LogP contribution in [0.25, 0.3) is 11.4 Å². The lowest BCUT2D eigenvalue weighted by Crippen LogP contribution is -2.55. The second kappa shape index (κ2) is 10.2. The zero-order chi connectivity index (χ0) is 30.7. The molecular formula is C29H29F3N6O5. The molecule has 14 heteroatoms. The van der Waals surface area contributed by atoms with Gasteiger partial charge in [-0.25, -0.2) is 0 Å². The lowest BCUT2D eigenvalue weighted by molar-refractivity contribution is -0.159. The molecule has 3 aromatic rings. The summed E-state index contributed by atoms with van der Waals surface area (Å²) in [6.45, 7) is 5.63. The minimum atomic E-state index is -4.71. The van der Waals surface area contributed by atoms with Crippen molar-refractivity contribution >= 4 is 17.7 Å². The van der Waals surface area contributed by atoms with E-state index in [0.717, 1.165) is 5.56 Å². The first-order valence-electron chi connectivity index (χ1n) is 13.9. The van der Waals surface area contributed by atoms with Crippen LogP contribution >= 0.6 is 0 Å². The first kappa shape index (κ1) is 28.9. The number of pyridine rings is 1. The smallest absolute Gasteiger partial charge is 0.383 e. The number of carbonyl (C=O) groups excluding carboxylic acids is 3. The molecule has 2 atom stereocenters. The molecule has 3 aliphatic rings. The lowest BCUT2D eigenvalue weighted by Gasteiger charge is -2.50. The number of alkyl halides is 3. The molecule has 0 aliphatic carbocycles. The summed E-state index contributed by atoms with van der Waals surface area (Å²) in [5, 5.41) is 17.7. The molecule has 2 N–H and O–H groups in total. The quantitative estimate of drug-likeness (QED) is 0.424. The van der Waals surface area contributed by atoms with Crippen molar-refractivity contribution in [1.82, 2.24) is 30.2 Å². The highest BCUT2D eigenvalue weighted by Gasteiger charge is 2.50. The highest BCUT2D eigenvalue weighted by molar-refractivity contribution is 6.05. The lowest BCUT2D eigenvalue weighted by atomic mass is 9.68. The van der Waals surface area contributed by atoms with Gasteiger partial charge >= 0.3 is 12.1 Å². The van der Waals surface area contributed by atoms with Gasteiger partial charge in [0, 0.05) is 37.0 Å². The number of nitrogens with one attached hydrogen (secondary N) is 1. The van der Waals surface area contributed by atoms with E-state index in [-0.39, 0.29) is 37.0 Å². The molecule has 3 aliphatic heterocycles. The molecular weight excluding hydrogens is 569 g/mol. The van der Waals surface area contributed by atoms with Crippen molar-refractivity contribution in [2.75, 3.05) is 13.1 Å². The van der Waals surface area contributed by atoms with E-state index >= 15 is 0 Å². The van der Waals surface area contributed by atoms with Gasteiger partial charge in [0.05, 0.1) is 23.5 Å². The zero-order valence-corrected chi connectivity index (χ0v) is 23.4. The van der Waals surface area contributed by atoms with Crippen LogP contribution in [0, 0.1) is 5.41 Å². The van der Waals surface area contributed by atoms with Crippen LogP contribution in [0.5, 0.6) is 0 Å². The van der Waals surface area contributed by atoms with Crippen molar-refractivity contribution in [2.24, 2.45) is 5.41 Å². The summed E-state index contributed by atoms with van der Waals surface area (Å²) in [5.74, 6) is -2.72. The molecule has 43 heavy (non-hydrogen) atoms. The molecule has 3 amide bonds. The zero-order valence-electron chi connectivity index (χ0n) is 23.4. The number of carbonyl (C=O) groups is 3. The molecule has 2 saturated heterocycles. The average Bonchev–Trinajstić information content (AvgIpc) is 3.57. The third-order valence-corrected chi connectivity index (χ3v) is 8.61. The molecule has 0 radical (unpaired) electrons. The maximum Gasteiger partial charge on any atom is 0.471 e. The number of hydrogen-bond donors (Lipinski definition) is 2. The Balaban J connectivity index is 1.13. The molecule has 11 nitrogen and oxygen atoms in total. The van der Waals surface area contributed by atoms with Gasteiger partial charge in [-0.05, 0) is 30.5 Å². The van der Waals surface area contributed by atoms with Crippen LogP contribution in [-0.4, -0.2) is 66.9 Å². The van der Waals surface area contributed by atoms with Crippen molar-refractivity contribution in [1.29, 1.82) is 0 Å². The van der Waals surface area contributed by atoms with Crippen LogP contribution in [0.15, 0.2) is 40.9 Å². The van der Waals surface area contributed by atoms with Gasteiger partial charge in [-0.15, -0.1) is 0 Å². The summed E-state index contributed by atoms with van der Waals surface area (Å²) in [7, 11) is 0. The van der Waals surface area contributed by atoms with Gasteiger partial charge in [-0.1, -0.05) is 43.3 Å². The van der Waals surface area contributed by atoms with Gasteiger partial charge in [0.15, 0.2) is 0 Å². The summed E-state index contributed by atoms with van der Waals surface area (Å²) < 4.78 is 42.7. The van der Waals surface area contributed by atoms with E-state index in [9.17, 15) is 32.7 Å². The van der Waals surface area contributed by atoms with Gasteiger partial charge in [-0.2, -0.15) is 18.2 Å². The Hall–Kier alpha value is -4.17. The van der Waals surface area contributed by atoms with E-state index in [2.05, 4.69) is 24.9 Å². The van der Waals surface area contributed by atoms with Crippen LogP contribution in [0.2, 0.25) is 0 Å². The SMILES string of the molecule is CC1(C)CN(Cc2ccc(-c3noc(C(F)(F)F)n3)cc2)CC[C@@]1(O)c1ccc2c(n1)CN([C@@H]1CCC(=O)NC1=O)C2=O. The summed E-state index contributed by atoms with van der Waals surface area (Å²) >= 11 is 0. The van der Waals surface area contributed by atoms with Gasteiger partial charge in [-0.3, -0.25) is 29.6 Å². The Morgan fingerprint density at radius 3 is 2.49 bits per heavy atom. The minimum Gasteiger partial charge on any atom is -0.383 e. The number of fused-ring (bicyclic) bond motifs is 1. The number of amides is 3. The maximum absolute atomic E-state index is 13.1. The highest BCUT2D eigenvalue weighted by atomic mass is 19.4. The van der Waals surface area contributed by atoms with Crippen LogP contribution < -0.4 is 5.32 Å². The van der Waals surface area contributed by atoms with Crippen LogP contribution in [0.4, 0.5) is 13.2 Å². The molecule has 6 rings (SSSR count). The summed E-state index contributed by atoms with van der Waals surface area (Å²) in [5.41, 5.74) is 0.714. The standard InChI is InChI=1S/C29H29F3N6O5/c1-27(2)15-37(13-16-3-5-17(6-4-16)23-35-26(43-36-23)29(30,31)32)12-11-28(27,42)21-9-7-18-19(33-21)14-38(25(18)41)20-8-10-22(39)34-24(20)40/h3-7,9,20,42H,8,10-15H2,1-2H3,(H,34,39,40)/t20-,28-/m1/s1. The Labute approximate surface area is 244 Å². The fraction of sp³-hybridized carbons (Fsp3) is 0.448. The van der Waals surface area contributed by atoms with Gasteiger partial charge in [0.1, 0.15) is 11.6 Å². The van der Waals surface area contributed by atoms with Crippen LogP contribution in [0.3, 0.4) is 0 Å². The van der Waals surface area contributed by atoms with Crippen molar-refractivity contribution in [3.8, 4) is 11.4 Å². The predicted molar refractivity (Wildman–Crippen MR) is 143 cm³/mol. The number of rotatable bonds is 5. The molecule has 2 aromatic heterocycles. The number of piperidine rings is 2. The third-order valence-electron chi connectivity index (χ3n) is 8.61. The molecule has 0 spiro atoms. The fourth-order valence-electron chi connectivity index (χ4n) is 6.18. The van der Waals surface area contributed by atoms with Gasteiger partial charge in [0.2, 0.25) is 17.6 Å². The van der Waals surface area contributed by atoms with Gasteiger partial charge in [0.25, 0.3) is 5.91 Å². The van der Waals surface area contributed by atoms with E-state index in [1.54, 1.807) is 36.4 Å². The van der Waals surface area contributed by atoms with E-state index in [1.165, 1.54) is 4.90 Å². The number of aliphatic hydroxyl groups is 1. The average molecular weight is 599 g/mol. The first-order valence-corrected chi connectivity index (χ1v) is 13.9. The molecule has 0 unspecified atom stereocenters. The van der Waals surface area contributed by atoms with E-state index in [0.29, 0.717) is 48.6 Å². The largest absolute Gasteiger partial charge is 0.471 e. The number of imide groups is 1. The number of hydrogen-bond acceptors (Lipinski definition) is 9. The second-order valence-electron chi connectivity index (χ2n) is 11.9. The number of likely N-dealkylation sites (tertiary alicyclic amines) is 1. The Morgan fingerprint density at radius 2 is 1.84 bits per heavy atom. The van der Waals surface area contributed by atoms with Crippen molar-refractivity contribution in [3.05, 3.63) is 64.8 Å². The number of halogens is 3. The molecule has 1 aromatic carbocycles. The third kappa shape index (κ3) is 5.18. The maximum atomic E-state index is 13.1. The minimum absolute atomic E-state index is 0.119. The summed E-state index contributed by atoms with van der Waals surface area (Å²) in [4.78, 5) is 48.8. The number of aromatic nitrogens is 3. The Kier molecular flexibility index (Phi) is 6.88. The molecule has 2 fully saturated rings. The summed E-state index contributed by atoms with van der Waals surface area (Å²) in [6.07, 6.45) is -3.93. The number of nitrogens with zero attached hydrogens (tertiary/aromatic N) is 5. The van der Waals surface area contributed by atoms with Gasteiger partial charge < -0.3 is 14.5 Å². The normalized spacial score (nSPS) is 24.3. The first-order chi connectivity index (χ1) is 20.2. The van der Waals surface area contributed by atoms with E-state index < -0.39 is 35.0 Å². The van der Waals surface area contributed by atoms with E-state index in [4.69, 9.17) is 4.98 Å². The Morgan fingerprint density at radius 1 is 1.09 bits per heavy atom. The molecule has 226 valence electrons. The van der Waals surface area contributed by atoms with Crippen molar-refractivity contribution in [2.45, 2.75) is 64.0 Å². The predicted octanol–water partition coefficient (Wildman–Crippen LogP) is 3.03. The number of benzene rings is 1. The van der Waals surface area contributed by atoms with E-state index in [1.807, 2.05) is 13.8 Å². The molecule has 5 heterocycles. The Bertz CT molecular complexity index is 1600. The monoisotopic (exact) mass is 598 g/mol.